The summed E-state index contributed by atoms with van der Waals surface area (Å²) < 4.78 is 0. The lowest BCUT2D eigenvalue weighted by atomic mass is 10.0. The summed E-state index contributed by atoms with van der Waals surface area (Å²) in [5.74, 6) is 6.04. The Morgan fingerprint density at radius 1 is 1.43 bits per heavy atom. The van der Waals surface area contributed by atoms with E-state index in [1.807, 2.05) is 0 Å². The van der Waals surface area contributed by atoms with E-state index in [1.54, 1.807) is 18.5 Å². The highest BCUT2D eigenvalue weighted by molar-refractivity contribution is 5.96. The molecule has 1 aromatic rings. The maximum absolute atomic E-state index is 12.2. The molecule has 4 heteroatoms. The lowest BCUT2D eigenvalue weighted by Gasteiger charge is -2.10. The molecule has 21 heavy (non-hydrogen) atoms. The summed E-state index contributed by atoms with van der Waals surface area (Å²) >= 11 is 0. The lowest BCUT2D eigenvalue weighted by molar-refractivity contribution is 0.0952. The van der Waals surface area contributed by atoms with Crippen LogP contribution in [0.5, 0.6) is 0 Å². The first-order chi connectivity index (χ1) is 10.3. The number of amides is 1. The van der Waals surface area contributed by atoms with Crippen LogP contribution in [-0.4, -0.2) is 29.1 Å². The molecule has 2 rings (SSSR count). The Morgan fingerprint density at radius 3 is 3.00 bits per heavy atom. The van der Waals surface area contributed by atoms with Crippen molar-refractivity contribution in [2.75, 3.05) is 13.2 Å². The Hall–Kier alpha value is -1.86. The van der Waals surface area contributed by atoms with E-state index in [2.05, 4.69) is 22.1 Å². The Bertz CT molecular complexity index is 525. The Balaban J connectivity index is 1.82. The van der Waals surface area contributed by atoms with Crippen molar-refractivity contribution in [1.82, 2.24) is 10.3 Å². The van der Waals surface area contributed by atoms with Gasteiger partial charge in [-0.15, -0.1) is 0 Å². The van der Waals surface area contributed by atoms with Crippen LogP contribution < -0.4 is 5.32 Å². The third-order valence-corrected chi connectivity index (χ3v) is 3.92. The van der Waals surface area contributed by atoms with Gasteiger partial charge in [0.15, 0.2) is 0 Å². The zero-order valence-electron chi connectivity index (χ0n) is 12.3. The second kappa shape index (κ2) is 8.43. The van der Waals surface area contributed by atoms with Crippen molar-refractivity contribution in [2.24, 2.45) is 5.92 Å². The number of aliphatic hydroxyl groups excluding tert-OH is 1. The van der Waals surface area contributed by atoms with Crippen LogP contribution in [0.3, 0.4) is 0 Å². The molecule has 1 amide bonds. The summed E-state index contributed by atoms with van der Waals surface area (Å²) in [6, 6.07) is 1.66. The van der Waals surface area contributed by atoms with E-state index in [9.17, 15) is 4.79 Å². The van der Waals surface area contributed by atoms with Crippen molar-refractivity contribution < 1.29 is 9.90 Å². The summed E-state index contributed by atoms with van der Waals surface area (Å²) in [5, 5.41) is 11.7. The van der Waals surface area contributed by atoms with Crippen LogP contribution in [0, 0.1) is 17.8 Å². The number of pyridine rings is 1. The molecule has 0 aliphatic heterocycles. The first-order valence-electron chi connectivity index (χ1n) is 7.63. The van der Waals surface area contributed by atoms with Gasteiger partial charge in [0.1, 0.15) is 6.61 Å². The van der Waals surface area contributed by atoms with Crippen LogP contribution in [0.25, 0.3) is 0 Å². The summed E-state index contributed by atoms with van der Waals surface area (Å²) in [7, 11) is 0. The fraction of sp³-hybridized carbons (Fsp3) is 0.529. The SMILES string of the molecule is O=C(NCCCC1CCCC1)c1ccncc1C#CCO. The van der Waals surface area contributed by atoms with Crippen LogP contribution in [0.4, 0.5) is 0 Å². The molecular weight excluding hydrogens is 264 g/mol. The smallest absolute Gasteiger partial charge is 0.252 e. The standard InChI is InChI=1S/C17H22N2O2/c20-12-4-8-15-13-18-11-9-16(15)17(21)19-10-3-7-14-5-1-2-6-14/h9,11,13-14,20H,1-3,5-7,10,12H2,(H,19,21). The van der Waals surface area contributed by atoms with Crippen LogP contribution in [-0.2, 0) is 0 Å². The minimum Gasteiger partial charge on any atom is -0.384 e. The third-order valence-electron chi connectivity index (χ3n) is 3.92. The summed E-state index contributed by atoms with van der Waals surface area (Å²) in [4.78, 5) is 16.1. The molecule has 1 saturated carbocycles. The molecule has 0 atom stereocenters. The predicted octanol–water partition coefficient (Wildman–Crippen LogP) is 2.13. The highest BCUT2D eigenvalue weighted by Gasteiger charge is 2.14. The second-order valence-electron chi connectivity index (χ2n) is 5.43. The van der Waals surface area contributed by atoms with Crippen molar-refractivity contribution in [3.63, 3.8) is 0 Å². The van der Waals surface area contributed by atoms with Crippen molar-refractivity contribution in [1.29, 1.82) is 0 Å². The topological polar surface area (TPSA) is 62.2 Å². The Kier molecular flexibility index (Phi) is 6.23. The number of nitrogens with one attached hydrogen (secondary N) is 1. The average molecular weight is 286 g/mol. The molecule has 1 fully saturated rings. The number of nitrogens with zero attached hydrogens (tertiary/aromatic N) is 1. The van der Waals surface area contributed by atoms with Crippen LogP contribution in [0.15, 0.2) is 18.5 Å². The van der Waals surface area contributed by atoms with Gasteiger partial charge in [0.2, 0.25) is 0 Å². The second-order valence-corrected chi connectivity index (χ2v) is 5.43. The molecule has 112 valence electrons. The van der Waals surface area contributed by atoms with E-state index in [0.29, 0.717) is 17.7 Å². The molecule has 0 unspecified atom stereocenters. The van der Waals surface area contributed by atoms with Crippen molar-refractivity contribution in [3.8, 4) is 11.8 Å². The molecule has 2 N–H and O–H groups in total. The average Bonchev–Trinajstić information content (AvgIpc) is 3.03. The van der Waals surface area contributed by atoms with Gasteiger partial charge in [0.05, 0.1) is 11.1 Å². The third kappa shape index (κ3) is 4.87. The van der Waals surface area contributed by atoms with Crippen molar-refractivity contribution >= 4 is 5.91 Å². The largest absolute Gasteiger partial charge is 0.384 e. The van der Waals surface area contributed by atoms with Crippen LogP contribution in [0.1, 0.15) is 54.4 Å². The Morgan fingerprint density at radius 2 is 2.24 bits per heavy atom. The fourth-order valence-corrected chi connectivity index (χ4v) is 2.81. The number of hydrogen-bond acceptors (Lipinski definition) is 3. The minimum atomic E-state index is -0.225. The van der Waals surface area contributed by atoms with E-state index >= 15 is 0 Å². The van der Waals surface area contributed by atoms with Gasteiger partial charge in [-0.05, 0) is 24.8 Å². The van der Waals surface area contributed by atoms with Crippen molar-refractivity contribution in [2.45, 2.75) is 38.5 Å². The van der Waals surface area contributed by atoms with Gasteiger partial charge in [-0.1, -0.05) is 37.5 Å². The number of carbonyl (C=O) groups is 1. The monoisotopic (exact) mass is 286 g/mol. The quantitative estimate of drug-likeness (QED) is 0.644. The number of carbonyl (C=O) groups excluding carboxylic acids is 1. The first-order valence-corrected chi connectivity index (χ1v) is 7.63. The highest BCUT2D eigenvalue weighted by atomic mass is 16.2. The minimum absolute atomic E-state index is 0.119. The molecule has 0 spiro atoms. The zero-order valence-corrected chi connectivity index (χ0v) is 12.3. The molecule has 1 heterocycles. The van der Waals surface area contributed by atoms with E-state index in [4.69, 9.17) is 5.11 Å². The van der Waals surface area contributed by atoms with Gasteiger partial charge in [-0.3, -0.25) is 9.78 Å². The maximum atomic E-state index is 12.2. The highest BCUT2D eigenvalue weighted by Crippen LogP contribution is 2.28. The van der Waals surface area contributed by atoms with Gasteiger partial charge in [0.25, 0.3) is 5.91 Å². The molecule has 1 aliphatic rings. The number of aliphatic hydroxyl groups is 1. The fourth-order valence-electron chi connectivity index (χ4n) is 2.81. The summed E-state index contributed by atoms with van der Waals surface area (Å²) in [5.41, 5.74) is 1.08. The summed E-state index contributed by atoms with van der Waals surface area (Å²) in [6.07, 6.45) is 10.8. The van der Waals surface area contributed by atoms with Crippen LogP contribution in [0.2, 0.25) is 0 Å². The maximum Gasteiger partial charge on any atom is 0.252 e. The molecule has 1 aromatic heterocycles. The Labute approximate surface area is 126 Å². The van der Waals surface area contributed by atoms with Gasteiger partial charge in [-0.25, -0.2) is 0 Å². The molecule has 0 bridgehead atoms. The van der Waals surface area contributed by atoms with Gasteiger partial charge >= 0.3 is 0 Å². The first kappa shape index (κ1) is 15.5. The molecular formula is C17H22N2O2. The van der Waals surface area contributed by atoms with Crippen LogP contribution >= 0.6 is 0 Å². The lowest BCUT2D eigenvalue weighted by Crippen LogP contribution is -2.25. The molecule has 1 aliphatic carbocycles. The zero-order chi connectivity index (χ0) is 14.9. The normalized spacial score (nSPS) is 14.5. The summed E-state index contributed by atoms with van der Waals surface area (Å²) in [6.45, 7) is 0.474. The van der Waals surface area contributed by atoms with E-state index in [0.717, 1.165) is 12.3 Å². The van der Waals surface area contributed by atoms with E-state index < -0.39 is 0 Å². The van der Waals surface area contributed by atoms with Crippen molar-refractivity contribution in [3.05, 3.63) is 29.6 Å². The number of rotatable bonds is 5. The molecule has 0 saturated heterocycles. The predicted molar refractivity (Wildman–Crippen MR) is 81.7 cm³/mol. The van der Waals surface area contributed by atoms with Gasteiger partial charge in [0, 0.05) is 18.9 Å². The number of hydrogen-bond donors (Lipinski definition) is 2. The molecule has 4 nitrogen and oxygen atoms in total. The van der Waals surface area contributed by atoms with E-state index in [1.165, 1.54) is 32.1 Å². The molecule has 0 radical (unpaired) electrons. The molecule has 0 aromatic carbocycles. The van der Waals surface area contributed by atoms with Gasteiger partial charge in [-0.2, -0.15) is 0 Å². The van der Waals surface area contributed by atoms with Gasteiger partial charge < -0.3 is 10.4 Å². The number of aromatic nitrogens is 1. The van der Waals surface area contributed by atoms with E-state index in [-0.39, 0.29) is 12.5 Å².